The molecule has 0 aliphatic rings. The third-order valence-corrected chi connectivity index (χ3v) is 7.10. The smallest absolute Gasteiger partial charge is 0.249 e. The highest BCUT2D eigenvalue weighted by Gasteiger charge is 2.22. The Morgan fingerprint density at radius 3 is 1.62 bits per heavy atom. The largest absolute Gasteiger partial charge is 0.394 e. The minimum absolute atomic E-state index is 0.387. The molecule has 0 bridgehead atoms. The van der Waals surface area contributed by atoms with Crippen LogP contribution >= 0.6 is 0 Å². The Labute approximate surface area is 246 Å². The van der Waals surface area contributed by atoms with Crippen LogP contribution in [0.25, 0.3) is 0 Å². The van der Waals surface area contributed by atoms with Gasteiger partial charge in [0.05, 0.1) is 18.8 Å². The van der Waals surface area contributed by atoms with E-state index in [0.29, 0.717) is 6.42 Å². The van der Waals surface area contributed by atoms with E-state index in [2.05, 4.69) is 55.6 Å². The first-order chi connectivity index (χ1) is 19.6. The number of nitrogens with one attached hydrogen (secondary N) is 1. The van der Waals surface area contributed by atoms with E-state index in [9.17, 15) is 20.1 Å². The fraction of sp³-hybridized carbons (Fsp3) is 0.743. The molecule has 5 nitrogen and oxygen atoms in total. The molecule has 0 aromatic carbocycles. The highest BCUT2D eigenvalue weighted by molar-refractivity contribution is 5.80. The molecule has 3 unspecified atom stereocenters. The van der Waals surface area contributed by atoms with E-state index in [4.69, 9.17) is 0 Å². The fourth-order valence-corrected chi connectivity index (χ4v) is 4.45. The van der Waals surface area contributed by atoms with Crippen LogP contribution in [0.3, 0.4) is 0 Å². The van der Waals surface area contributed by atoms with Crippen LogP contribution in [0.5, 0.6) is 0 Å². The second-order valence-electron chi connectivity index (χ2n) is 11.0. The van der Waals surface area contributed by atoms with Gasteiger partial charge in [0.2, 0.25) is 5.91 Å². The van der Waals surface area contributed by atoms with Crippen molar-refractivity contribution in [3.8, 4) is 0 Å². The van der Waals surface area contributed by atoms with Crippen LogP contribution in [0, 0.1) is 0 Å². The van der Waals surface area contributed by atoms with Crippen LogP contribution in [0.2, 0.25) is 0 Å². The summed E-state index contributed by atoms with van der Waals surface area (Å²) in [6, 6.07) is -0.823. The average Bonchev–Trinajstić information content (AvgIpc) is 2.96. The van der Waals surface area contributed by atoms with Gasteiger partial charge in [0.15, 0.2) is 0 Å². The monoisotopic (exact) mass is 561 g/mol. The molecule has 0 radical (unpaired) electrons. The Bertz CT molecular complexity index is 670. The predicted octanol–water partition coefficient (Wildman–Crippen LogP) is 8.25. The summed E-state index contributed by atoms with van der Waals surface area (Å²) >= 11 is 0. The molecule has 0 saturated carbocycles. The maximum atomic E-state index is 12.3. The van der Waals surface area contributed by atoms with E-state index >= 15 is 0 Å². The van der Waals surface area contributed by atoms with Gasteiger partial charge >= 0.3 is 0 Å². The van der Waals surface area contributed by atoms with Crippen LogP contribution in [-0.2, 0) is 4.79 Å². The van der Waals surface area contributed by atoms with Crippen molar-refractivity contribution in [1.29, 1.82) is 0 Å². The van der Waals surface area contributed by atoms with Crippen molar-refractivity contribution in [3.63, 3.8) is 0 Å². The SMILES string of the molecule is CCC/C=C/CC/C=C/CC/C=C/C(O)C(CO)NC(=O)C(O)CCCCCC/C=C\CCCCCCCCC. The van der Waals surface area contributed by atoms with Gasteiger partial charge in [-0.15, -0.1) is 0 Å². The number of aliphatic hydroxyl groups excluding tert-OH is 3. The van der Waals surface area contributed by atoms with Gasteiger partial charge in [-0.2, -0.15) is 0 Å². The van der Waals surface area contributed by atoms with Gasteiger partial charge in [-0.1, -0.05) is 127 Å². The second kappa shape index (κ2) is 30.3. The van der Waals surface area contributed by atoms with E-state index < -0.39 is 24.2 Å². The Hall–Kier alpha value is -1.69. The summed E-state index contributed by atoms with van der Waals surface area (Å²) in [6.45, 7) is 4.04. The van der Waals surface area contributed by atoms with Crippen molar-refractivity contribution in [2.45, 2.75) is 161 Å². The van der Waals surface area contributed by atoms with E-state index in [1.165, 1.54) is 57.8 Å². The molecule has 0 heterocycles. The highest BCUT2D eigenvalue weighted by atomic mass is 16.3. The number of aliphatic hydroxyl groups is 3. The minimum Gasteiger partial charge on any atom is -0.394 e. The van der Waals surface area contributed by atoms with Crippen molar-refractivity contribution in [3.05, 3.63) is 48.6 Å². The number of hydrogen-bond donors (Lipinski definition) is 4. The maximum Gasteiger partial charge on any atom is 0.249 e. The summed E-state index contributed by atoms with van der Waals surface area (Å²) in [6.07, 6.45) is 36.9. The van der Waals surface area contributed by atoms with Gasteiger partial charge in [-0.25, -0.2) is 0 Å². The molecule has 0 aliphatic carbocycles. The van der Waals surface area contributed by atoms with Crippen LogP contribution in [0.1, 0.15) is 142 Å². The summed E-state index contributed by atoms with van der Waals surface area (Å²) < 4.78 is 0. The first kappa shape index (κ1) is 38.3. The van der Waals surface area contributed by atoms with Crippen molar-refractivity contribution >= 4 is 5.91 Å². The second-order valence-corrected chi connectivity index (χ2v) is 11.0. The number of rotatable bonds is 28. The summed E-state index contributed by atoms with van der Waals surface area (Å²) in [5.74, 6) is -0.532. The third kappa shape index (κ3) is 25.3. The molecule has 0 fully saturated rings. The molecule has 0 rings (SSSR count). The number of unbranched alkanes of at least 4 members (excludes halogenated alkanes) is 14. The van der Waals surface area contributed by atoms with Crippen LogP contribution in [-0.4, -0.2) is 46.1 Å². The lowest BCUT2D eigenvalue weighted by Gasteiger charge is -2.21. The molecule has 0 aromatic rings. The molecule has 0 saturated heterocycles. The van der Waals surface area contributed by atoms with Crippen molar-refractivity contribution in [1.82, 2.24) is 5.32 Å². The lowest BCUT2D eigenvalue weighted by molar-refractivity contribution is -0.131. The fourth-order valence-electron chi connectivity index (χ4n) is 4.45. The lowest BCUT2D eigenvalue weighted by atomic mass is 10.1. The Morgan fingerprint density at radius 2 is 1.07 bits per heavy atom. The number of amides is 1. The first-order valence-electron chi connectivity index (χ1n) is 16.5. The van der Waals surface area contributed by atoms with E-state index in [0.717, 1.165) is 64.2 Å². The summed E-state index contributed by atoms with van der Waals surface area (Å²) in [7, 11) is 0. The van der Waals surface area contributed by atoms with Gasteiger partial charge in [0.1, 0.15) is 6.10 Å². The number of carbonyl (C=O) groups excluding carboxylic acids is 1. The molecule has 3 atom stereocenters. The summed E-state index contributed by atoms with van der Waals surface area (Å²) in [4.78, 5) is 12.3. The Balaban J connectivity index is 3.88. The zero-order valence-corrected chi connectivity index (χ0v) is 25.9. The molecule has 40 heavy (non-hydrogen) atoms. The molecular weight excluding hydrogens is 498 g/mol. The van der Waals surface area contributed by atoms with Crippen LogP contribution in [0.15, 0.2) is 48.6 Å². The summed E-state index contributed by atoms with van der Waals surface area (Å²) in [5.41, 5.74) is 0. The lowest BCUT2D eigenvalue weighted by Crippen LogP contribution is -2.48. The molecule has 1 amide bonds. The minimum atomic E-state index is -1.12. The number of carbonyl (C=O) groups is 1. The Kier molecular flexibility index (Phi) is 29.0. The van der Waals surface area contributed by atoms with Crippen molar-refractivity contribution in [2.24, 2.45) is 0 Å². The van der Waals surface area contributed by atoms with Gasteiger partial charge < -0.3 is 20.6 Å². The van der Waals surface area contributed by atoms with Gasteiger partial charge in [0, 0.05) is 0 Å². The third-order valence-electron chi connectivity index (χ3n) is 7.10. The maximum absolute atomic E-state index is 12.3. The molecule has 5 heteroatoms. The average molecular weight is 562 g/mol. The van der Waals surface area contributed by atoms with E-state index in [-0.39, 0.29) is 6.61 Å². The highest BCUT2D eigenvalue weighted by Crippen LogP contribution is 2.11. The molecular formula is C35H63NO4. The van der Waals surface area contributed by atoms with Crippen LogP contribution < -0.4 is 5.32 Å². The molecule has 0 aliphatic heterocycles. The summed E-state index contributed by atoms with van der Waals surface area (Å²) in [5, 5.41) is 32.7. The van der Waals surface area contributed by atoms with Gasteiger partial charge in [-0.05, 0) is 64.2 Å². The van der Waals surface area contributed by atoms with Crippen LogP contribution in [0.4, 0.5) is 0 Å². The molecule has 0 aromatic heterocycles. The number of hydrogen-bond acceptors (Lipinski definition) is 4. The van der Waals surface area contributed by atoms with Crippen molar-refractivity contribution < 1.29 is 20.1 Å². The quantitative estimate of drug-likeness (QED) is 0.0572. The molecule has 0 spiro atoms. The standard InChI is InChI=1S/C35H63NO4/c1-3-5-7-9-11-13-15-16-17-18-20-22-24-26-28-30-34(39)35(40)36-32(31-37)33(38)29-27-25-23-21-19-14-12-10-8-6-4-2/h8,10,17-19,21,27,29,32-34,37-39H,3-7,9,11-16,20,22-26,28,30-31H2,1-2H3,(H,36,40)/b10-8+,18-17-,21-19+,29-27+. The van der Waals surface area contributed by atoms with Gasteiger partial charge in [-0.3, -0.25) is 4.79 Å². The topological polar surface area (TPSA) is 89.8 Å². The Morgan fingerprint density at radius 1 is 0.600 bits per heavy atom. The molecule has 232 valence electrons. The van der Waals surface area contributed by atoms with Gasteiger partial charge in [0.25, 0.3) is 0 Å². The van der Waals surface area contributed by atoms with E-state index in [1.807, 2.05) is 6.08 Å². The number of allylic oxidation sites excluding steroid dienone is 7. The predicted molar refractivity (Wildman–Crippen MR) is 171 cm³/mol. The normalized spacial score (nSPS) is 14.6. The van der Waals surface area contributed by atoms with E-state index in [1.54, 1.807) is 6.08 Å². The zero-order chi connectivity index (χ0) is 29.5. The zero-order valence-electron chi connectivity index (χ0n) is 25.9. The molecule has 4 N–H and O–H groups in total. The van der Waals surface area contributed by atoms with Crippen molar-refractivity contribution in [2.75, 3.05) is 6.61 Å². The first-order valence-corrected chi connectivity index (χ1v) is 16.5.